The van der Waals surface area contributed by atoms with E-state index in [9.17, 15) is 19.2 Å². The van der Waals surface area contributed by atoms with Gasteiger partial charge in [-0.2, -0.15) is 0 Å². The highest BCUT2D eigenvalue weighted by molar-refractivity contribution is 5.86. The molecule has 1 fully saturated rings. The number of hydrogen-bond acceptors (Lipinski definition) is 8. The molecule has 1 aliphatic rings. The fourth-order valence-electron chi connectivity index (χ4n) is 5.96. The Kier molecular flexibility index (Phi) is 14.4. The van der Waals surface area contributed by atoms with E-state index in [1.807, 2.05) is 44.2 Å². The van der Waals surface area contributed by atoms with Gasteiger partial charge in [0.25, 0.3) is 0 Å². The SMILES string of the molecule is CC[C@H](C)[C@@H](C(CC(=O)N1CCC[C@H]1[C@H](OC)[C@@H](C)C(=O)N[C@@H](Cc1ccccc1)C(=O)OC)OC)N(C)C(=O)CN. The van der Waals surface area contributed by atoms with E-state index in [1.165, 1.54) is 14.2 Å². The molecule has 1 aliphatic heterocycles. The maximum atomic E-state index is 13.7. The number of hydrogen-bond donors (Lipinski definition) is 2. The number of likely N-dealkylation sites (tertiary alicyclic amines) is 1. The van der Waals surface area contributed by atoms with Gasteiger partial charge in [-0.1, -0.05) is 57.5 Å². The number of benzene rings is 1. The lowest BCUT2D eigenvalue weighted by Gasteiger charge is -2.39. The van der Waals surface area contributed by atoms with Crippen LogP contribution >= 0.6 is 0 Å². The second-order valence-corrected chi connectivity index (χ2v) is 11.1. The Morgan fingerprint density at radius 1 is 1.10 bits per heavy atom. The lowest BCUT2D eigenvalue weighted by atomic mass is 9.90. The molecule has 0 saturated carbocycles. The van der Waals surface area contributed by atoms with E-state index in [1.54, 1.807) is 30.9 Å². The van der Waals surface area contributed by atoms with Gasteiger partial charge >= 0.3 is 5.97 Å². The van der Waals surface area contributed by atoms with Crippen molar-refractivity contribution in [2.24, 2.45) is 17.6 Å². The van der Waals surface area contributed by atoms with Crippen LogP contribution in [0.25, 0.3) is 0 Å². The van der Waals surface area contributed by atoms with E-state index in [0.717, 1.165) is 18.4 Å². The van der Waals surface area contributed by atoms with Crippen LogP contribution in [0, 0.1) is 11.8 Å². The summed E-state index contributed by atoms with van der Waals surface area (Å²) in [4.78, 5) is 55.5. The highest BCUT2D eigenvalue weighted by atomic mass is 16.5. The fourth-order valence-corrected chi connectivity index (χ4v) is 5.96. The minimum absolute atomic E-state index is 0.0721. The van der Waals surface area contributed by atoms with Crippen LogP contribution in [0.2, 0.25) is 0 Å². The van der Waals surface area contributed by atoms with Crippen LogP contribution in [0.5, 0.6) is 0 Å². The molecule has 2 rings (SSSR count). The summed E-state index contributed by atoms with van der Waals surface area (Å²) >= 11 is 0. The van der Waals surface area contributed by atoms with E-state index in [0.29, 0.717) is 13.0 Å². The van der Waals surface area contributed by atoms with Crippen molar-refractivity contribution in [3.63, 3.8) is 0 Å². The van der Waals surface area contributed by atoms with Gasteiger partial charge in [0.05, 0.1) is 50.3 Å². The molecule has 0 aromatic heterocycles. The first-order valence-electron chi connectivity index (χ1n) is 14.8. The van der Waals surface area contributed by atoms with E-state index < -0.39 is 30.1 Å². The maximum Gasteiger partial charge on any atom is 0.328 e. The van der Waals surface area contributed by atoms with Gasteiger partial charge in [-0.25, -0.2) is 4.79 Å². The summed E-state index contributed by atoms with van der Waals surface area (Å²) in [5.74, 6) is -1.82. The Balaban J connectivity index is 2.19. The van der Waals surface area contributed by atoms with Crippen LogP contribution in [0.15, 0.2) is 30.3 Å². The molecule has 11 nitrogen and oxygen atoms in total. The summed E-state index contributed by atoms with van der Waals surface area (Å²) < 4.78 is 16.6. The second kappa shape index (κ2) is 17.2. The molecule has 42 heavy (non-hydrogen) atoms. The van der Waals surface area contributed by atoms with Gasteiger partial charge in [-0.3, -0.25) is 14.4 Å². The normalized spacial score (nSPS) is 19.2. The first-order chi connectivity index (χ1) is 20.0. The van der Waals surface area contributed by atoms with Gasteiger partial charge in [0.15, 0.2) is 0 Å². The zero-order valence-corrected chi connectivity index (χ0v) is 26.2. The summed E-state index contributed by atoms with van der Waals surface area (Å²) in [6.07, 6.45) is 1.46. The highest BCUT2D eigenvalue weighted by Gasteiger charge is 2.42. The van der Waals surface area contributed by atoms with Crippen molar-refractivity contribution < 1.29 is 33.4 Å². The lowest BCUT2D eigenvalue weighted by molar-refractivity contribution is -0.148. The number of ether oxygens (including phenoxy) is 3. The molecule has 0 spiro atoms. The second-order valence-electron chi connectivity index (χ2n) is 11.1. The molecule has 3 N–H and O–H groups in total. The maximum absolute atomic E-state index is 13.7. The zero-order valence-electron chi connectivity index (χ0n) is 26.2. The summed E-state index contributed by atoms with van der Waals surface area (Å²) in [5, 5.41) is 2.84. The quantitative estimate of drug-likeness (QED) is 0.278. The van der Waals surface area contributed by atoms with Crippen LogP contribution in [0.4, 0.5) is 0 Å². The summed E-state index contributed by atoms with van der Waals surface area (Å²) in [7, 11) is 6.06. The molecule has 0 bridgehead atoms. The highest BCUT2D eigenvalue weighted by Crippen LogP contribution is 2.29. The summed E-state index contributed by atoms with van der Waals surface area (Å²) in [5.41, 5.74) is 6.52. The van der Waals surface area contributed by atoms with Crippen LogP contribution in [-0.4, -0.2) is 105 Å². The van der Waals surface area contributed by atoms with Gasteiger partial charge in [-0.15, -0.1) is 0 Å². The van der Waals surface area contributed by atoms with E-state index in [-0.39, 0.29) is 55.1 Å². The molecular formula is C31H50N4O7. The molecule has 0 aliphatic carbocycles. The van der Waals surface area contributed by atoms with Gasteiger partial charge < -0.3 is 35.1 Å². The largest absolute Gasteiger partial charge is 0.467 e. The monoisotopic (exact) mass is 590 g/mol. The van der Waals surface area contributed by atoms with Crippen molar-refractivity contribution in [2.75, 3.05) is 41.5 Å². The number of carbonyl (C=O) groups excluding carboxylic acids is 4. The molecule has 1 heterocycles. The number of likely N-dealkylation sites (N-methyl/N-ethyl adjacent to an activating group) is 1. The Morgan fingerprint density at radius 3 is 2.31 bits per heavy atom. The van der Waals surface area contributed by atoms with Gasteiger partial charge in [0, 0.05) is 34.2 Å². The van der Waals surface area contributed by atoms with Crippen molar-refractivity contribution in [2.45, 2.75) is 83.2 Å². The Morgan fingerprint density at radius 2 is 1.76 bits per heavy atom. The lowest BCUT2D eigenvalue weighted by Crippen LogP contribution is -2.54. The minimum Gasteiger partial charge on any atom is -0.467 e. The predicted octanol–water partition coefficient (Wildman–Crippen LogP) is 1.77. The standard InChI is InChI=1S/C31H50N4O7/c1-8-20(2)28(34(4)27(37)19-32)25(40-5)18-26(36)35-16-12-15-24(35)29(41-6)21(3)30(38)33-23(31(39)42-7)17-22-13-10-9-11-14-22/h9-11,13-14,20-21,23-25,28-29H,8,12,15-19,32H2,1-7H3,(H,33,38)/t20-,21+,23-,24-,25?,28-,29+/m0/s1. The van der Waals surface area contributed by atoms with Crippen molar-refractivity contribution >= 4 is 23.7 Å². The average Bonchev–Trinajstić information content (AvgIpc) is 3.49. The molecular weight excluding hydrogens is 540 g/mol. The average molecular weight is 591 g/mol. The minimum atomic E-state index is -0.862. The first kappa shape index (κ1) is 35.2. The zero-order chi connectivity index (χ0) is 31.4. The third kappa shape index (κ3) is 8.99. The number of methoxy groups -OCH3 is 3. The Hall–Kier alpha value is -3.02. The van der Waals surface area contributed by atoms with Gasteiger partial charge in [0.1, 0.15) is 6.04 Å². The molecule has 0 radical (unpaired) electrons. The van der Waals surface area contributed by atoms with Crippen molar-refractivity contribution in [1.82, 2.24) is 15.1 Å². The summed E-state index contributed by atoms with van der Waals surface area (Å²) in [6.45, 7) is 6.20. The van der Waals surface area contributed by atoms with Gasteiger partial charge in [-0.05, 0) is 24.3 Å². The molecule has 236 valence electrons. The molecule has 1 saturated heterocycles. The third-order valence-electron chi connectivity index (χ3n) is 8.56. The smallest absolute Gasteiger partial charge is 0.328 e. The van der Waals surface area contributed by atoms with E-state index in [2.05, 4.69) is 5.32 Å². The van der Waals surface area contributed by atoms with Crippen LogP contribution < -0.4 is 11.1 Å². The summed E-state index contributed by atoms with van der Waals surface area (Å²) in [6, 6.07) is 7.86. The molecule has 1 unspecified atom stereocenters. The number of esters is 1. The molecule has 7 atom stereocenters. The molecule has 1 aromatic carbocycles. The predicted molar refractivity (Wildman–Crippen MR) is 159 cm³/mol. The third-order valence-corrected chi connectivity index (χ3v) is 8.56. The number of nitrogens with zero attached hydrogens (tertiary/aromatic N) is 2. The van der Waals surface area contributed by atoms with E-state index >= 15 is 0 Å². The number of nitrogens with two attached hydrogens (primary N) is 1. The molecule has 11 heteroatoms. The van der Waals surface area contributed by atoms with Crippen molar-refractivity contribution in [3.05, 3.63) is 35.9 Å². The first-order valence-corrected chi connectivity index (χ1v) is 14.8. The fraction of sp³-hybridized carbons (Fsp3) is 0.677. The van der Waals surface area contributed by atoms with Gasteiger partial charge in [0.2, 0.25) is 17.7 Å². The van der Waals surface area contributed by atoms with Crippen molar-refractivity contribution in [1.29, 1.82) is 0 Å². The van der Waals surface area contributed by atoms with Crippen LogP contribution in [-0.2, 0) is 39.8 Å². The Labute approximate surface area is 250 Å². The van der Waals surface area contributed by atoms with Crippen LogP contribution in [0.3, 0.4) is 0 Å². The number of rotatable bonds is 16. The molecule has 3 amide bonds. The van der Waals surface area contributed by atoms with Crippen LogP contribution in [0.1, 0.15) is 52.0 Å². The Bertz CT molecular complexity index is 1020. The number of carbonyl (C=O) groups is 4. The topological polar surface area (TPSA) is 141 Å². The van der Waals surface area contributed by atoms with Crippen molar-refractivity contribution in [3.8, 4) is 0 Å². The number of amides is 3. The number of nitrogens with one attached hydrogen (secondary N) is 1. The van der Waals surface area contributed by atoms with E-state index in [4.69, 9.17) is 19.9 Å². The molecule has 1 aromatic rings.